The molecule has 1 N–H and O–H groups in total. The van der Waals surface area contributed by atoms with Gasteiger partial charge >= 0.3 is 0 Å². The number of hydrogen-bond donors (Lipinski definition) is 1. The summed E-state index contributed by atoms with van der Waals surface area (Å²) >= 11 is 3.50. The minimum absolute atomic E-state index is 0.698. The second-order valence-corrected chi connectivity index (χ2v) is 5.50. The quantitative estimate of drug-likeness (QED) is 0.902. The maximum absolute atomic E-state index is 8.89. The molecule has 96 valence electrons. The fourth-order valence-corrected chi connectivity index (χ4v) is 2.82. The molecule has 0 atom stereocenters. The van der Waals surface area contributed by atoms with Gasteiger partial charge in [-0.05, 0) is 54.8 Å². The first kappa shape index (κ1) is 13.6. The van der Waals surface area contributed by atoms with Crippen molar-refractivity contribution in [3.63, 3.8) is 0 Å². The van der Waals surface area contributed by atoms with Gasteiger partial charge in [0.25, 0.3) is 0 Å². The van der Waals surface area contributed by atoms with Crippen LogP contribution in [0.5, 0.6) is 0 Å². The van der Waals surface area contributed by atoms with Crippen LogP contribution in [0.2, 0.25) is 0 Å². The minimum Gasteiger partial charge on any atom is -0.381 e. The molecule has 0 aliphatic carbocycles. The number of halogens is 1. The van der Waals surface area contributed by atoms with Crippen LogP contribution in [0.1, 0.15) is 22.3 Å². The van der Waals surface area contributed by atoms with E-state index in [1.54, 1.807) is 0 Å². The molecule has 3 heteroatoms. The third kappa shape index (κ3) is 3.36. The Balaban J connectivity index is 2.17. The van der Waals surface area contributed by atoms with Crippen molar-refractivity contribution in [2.24, 2.45) is 0 Å². The molecule has 0 fully saturated rings. The van der Waals surface area contributed by atoms with E-state index in [2.05, 4.69) is 53.3 Å². The van der Waals surface area contributed by atoms with Gasteiger partial charge in [0.15, 0.2) is 0 Å². The molecule has 0 aromatic heterocycles. The maximum atomic E-state index is 8.89. The van der Waals surface area contributed by atoms with Gasteiger partial charge in [0.2, 0.25) is 0 Å². The summed E-state index contributed by atoms with van der Waals surface area (Å²) in [7, 11) is 0. The molecule has 2 aromatic carbocycles. The van der Waals surface area contributed by atoms with Gasteiger partial charge < -0.3 is 5.32 Å². The summed E-state index contributed by atoms with van der Waals surface area (Å²) in [4.78, 5) is 0. The molecule has 2 aromatic rings. The largest absolute Gasteiger partial charge is 0.381 e. The Hall–Kier alpha value is -1.79. The smallest absolute Gasteiger partial charge is 0.0991 e. The van der Waals surface area contributed by atoms with E-state index >= 15 is 0 Å². The highest BCUT2D eigenvalue weighted by atomic mass is 79.9. The molecule has 0 aliphatic rings. The number of nitrogens with one attached hydrogen (secondary N) is 1. The Morgan fingerprint density at radius 2 is 1.84 bits per heavy atom. The second-order valence-electron chi connectivity index (χ2n) is 4.58. The molecule has 0 bridgehead atoms. The number of aryl methyl sites for hydroxylation is 2. The monoisotopic (exact) mass is 314 g/mol. The molecule has 2 nitrogen and oxygen atoms in total. The predicted octanol–water partition coefficient (Wildman–Crippen LogP) is 4.55. The molecule has 0 aliphatic heterocycles. The SMILES string of the molecule is Cc1cc(Br)cc(C)c1NCc1cccc(C#N)c1. The molecular weight excluding hydrogens is 300 g/mol. The fourth-order valence-electron chi connectivity index (χ4n) is 2.13. The summed E-state index contributed by atoms with van der Waals surface area (Å²) in [6.07, 6.45) is 0. The van der Waals surface area contributed by atoms with E-state index in [-0.39, 0.29) is 0 Å². The van der Waals surface area contributed by atoms with Gasteiger partial charge in [-0.2, -0.15) is 5.26 Å². The average molecular weight is 315 g/mol. The molecule has 0 spiro atoms. The van der Waals surface area contributed by atoms with Gasteiger partial charge in [0, 0.05) is 16.7 Å². The number of anilines is 1. The molecule has 19 heavy (non-hydrogen) atoms. The summed E-state index contributed by atoms with van der Waals surface area (Å²) in [5, 5.41) is 12.3. The topological polar surface area (TPSA) is 35.8 Å². The summed E-state index contributed by atoms with van der Waals surface area (Å²) in [5.41, 5.74) is 5.39. The Morgan fingerprint density at radius 3 is 2.47 bits per heavy atom. The van der Waals surface area contributed by atoms with Crippen molar-refractivity contribution in [3.05, 3.63) is 63.1 Å². The van der Waals surface area contributed by atoms with Gasteiger partial charge in [-0.3, -0.25) is 0 Å². The van der Waals surface area contributed by atoms with Gasteiger partial charge in [-0.1, -0.05) is 28.1 Å². The zero-order chi connectivity index (χ0) is 13.8. The number of rotatable bonds is 3. The highest BCUT2D eigenvalue weighted by molar-refractivity contribution is 9.10. The third-order valence-corrected chi connectivity index (χ3v) is 3.48. The van der Waals surface area contributed by atoms with Crippen LogP contribution in [0.25, 0.3) is 0 Å². The third-order valence-electron chi connectivity index (χ3n) is 3.02. The second kappa shape index (κ2) is 5.90. The van der Waals surface area contributed by atoms with Crippen molar-refractivity contribution in [2.45, 2.75) is 20.4 Å². The Labute approximate surface area is 122 Å². The summed E-state index contributed by atoms with van der Waals surface area (Å²) in [6.45, 7) is 4.90. The van der Waals surface area contributed by atoms with Crippen molar-refractivity contribution in [1.82, 2.24) is 0 Å². The fraction of sp³-hybridized carbons (Fsp3) is 0.188. The normalized spacial score (nSPS) is 10.0. The lowest BCUT2D eigenvalue weighted by atomic mass is 10.1. The lowest BCUT2D eigenvalue weighted by molar-refractivity contribution is 1.13. The van der Waals surface area contributed by atoms with Gasteiger partial charge in [0.05, 0.1) is 11.6 Å². The summed E-state index contributed by atoms with van der Waals surface area (Å²) in [6, 6.07) is 14.0. The maximum Gasteiger partial charge on any atom is 0.0991 e. The predicted molar refractivity (Wildman–Crippen MR) is 82.1 cm³/mol. The van der Waals surface area contributed by atoms with Crippen LogP contribution in [0.4, 0.5) is 5.69 Å². The summed E-state index contributed by atoms with van der Waals surface area (Å²) < 4.78 is 1.10. The standard InChI is InChI=1S/C16H15BrN2/c1-11-6-15(17)7-12(2)16(11)19-10-14-5-3-4-13(8-14)9-18/h3-8,19H,10H2,1-2H3. The van der Waals surface area contributed by atoms with E-state index in [9.17, 15) is 0 Å². The number of benzene rings is 2. The van der Waals surface area contributed by atoms with Crippen molar-refractivity contribution in [2.75, 3.05) is 5.32 Å². The van der Waals surface area contributed by atoms with E-state index < -0.39 is 0 Å². The van der Waals surface area contributed by atoms with Crippen LogP contribution >= 0.6 is 15.9 Å². The van der Waals surface area contributed by atoms with Gasteiger partial charge in [-0.25, -0.2) is 0 Å². The molecule has 0 amide bonds. The Kier molecular flexibility index (Phi) is 4.24. The van der Waals surface area contributed by atoms with Gasteiger partial charge in [0.1, 0.15) is 0 Å². The highest BCUT2D eigenvalue weighted by Gasteiger charge is 2.04. The minimum atomic E-state index is 0.698. The Bertz CT molecular complexity index is 618. The van der Waals surface area contributed by atoms with Crippen LogP contribution < -0.4 is 5.32 Å². The molecule has 0 heterocycles. The first-order valence-electron chi connectivity index (χ1n) is 6.10. The first-order chi connectivity index (χ1) is 9.10. The zero-order valence-electron chi connectivity index (χ0n) is 11.0. The molecule has 0 unspecified atom stereocenters. The summed E-state index contributed by atoms with van der Waals surface area (Å²) in [5.74, 6) is 0. The first-order valence-corrected chi connectivity index (χ1v) is 6.89. The lowest BCUT2D eigenvalue weighted by Crippen LogP contribution is -2.03. The highest BCUT2D eigenvalue weighted by Crippen LogP contribution is 2.25. The Morgan fingerprint density at radius 1 is 1.16 bits per heavy atom. The number of nitriles is 1. The van der Waals surface area contributed by atoms with E-state index in [0.29, 0.717) is 5.56 Å². The van der Waals surface area contributed by atoms with Crippen molar-refractivity contribution >= 4 is 21.6 Å². The zero-order valence-corrected chi connectivity index (χ0v) is 12.6. The van der Waals surface area contributed by atoms with Crippen molar-refractivity contribution < 1.29 is 0 Å². The van der Waals surface area contributed by atoms with Crippen molar-refractivity contribution in [3.8, 4) is 6.07 Å². The van der Waals surface area contributed by atoms with Crippen LogP contribution in [-0.2, 0) is 6.54 Å². The molecule has 0 saturated heterocycles. The van der Waals surface area contributed by atoms with E-state index in [1.165, 1.54) is 11.1 Å². The molecular formula is C16H15BrN2. The van der Waals surface area contributed by atoms with Crippen LogP contribution in [-0.4, -0.2) is 0 Å². The van der Waals surface area contributed by atoms with E-state index in [4.69, 9.17) is 5.26 Å². The van der Waals surface area contributed by atoms with Crippen molar-refractivity contribution in [1.29, 1.82) is 5.26 Å². The van der Waals surface area contributed by atoms with Crippen LogP contribution in [0.3, 0.4) is 0 Å². The molecule has 2 rings (SSSR count). The van der Waals surface area contributed by atoms with Crippen LogP contribution in [0.15, 0.2) is 40.9 Å². The van der Waals surface area contributed by atoms with E-state index in [0.717, 1.165) is 22.3 Å². The average Bonchev–Trinajstić information content (AvgIpc) is 2.37. The number of nitrogens with zero attached hydrogens (tertiary/aromatic N) is 1. The van der Waals surface area contributed by atoms with Gasteiger partial charge in [-0.15, -0.1) is 0 Å². The number of hydrogen-bond acceptors (Lipinski definition) is 2. The van der Waals surface area contributed by atoms with Crippen LogP contribution in [0, 0.1) is 25.2 Å². The molecule has 0 saturated carbocycles. The molecule has 0 radical (unpaired) electrons. The van der Waals surface area contributed by atoms with E-state index in [1.807, 2.05) is 24.3 Å². The lowest BCUT2D eigenvalue weighted by Gasteiger charge is -2.13.